The molecule has 3 heteroatoms. The number of hydrogen-bond donors (Lipinski definition) is 2. The van der Waals surface area contributed by atoms with E-state index in [0.29, 0.717) is 11.8 Å². The first kappa shape index (κ1) is 14.2. The van der Waals surface area contributed by atoms with Crippen LogP contribution < -0.4 is 5.73 Å². The molecule has 0 aliphatic heterocycles. The zero-order chi connectivity index (χ0) is 8.69. The monoisotopic (exact) mass is 281 g/mol. The van der Waals surface area contributed by atoms with E-state index in [-0.39, 0.29) is 24.0 Å². The summed E-state index contributed by atoms with van der Waals surface area (Å²) in [7, 11) is 0. The highest BCUT2D eigenvalue weighted by Gasteiger charge is 1.74. The summed E-state index contributed by atoms with van der Waals surface area (Å²) in [6, 6.07) is 9.05. The molecule has 0 aliphatic rings. The molecule has 0 aliphatic carbocycles. The first-order valence-corrected chi connectivity index (χ1v) is 3.62. The molecule has 70 valence electrons. The lowest BCUT2D eigenvalue weighted by Crippen LogP contribution is -2.06. The van der Waals surface area contributed by atoms with Gasteiger partial charge in [0.25, 0.3) is 0 Å². The van der Waals surface area contributed by atoms with E-state index in [0.717, 1.165) is 0 Å². The van der Waals surface area contributed by atoms with Crippen molar-refractivity contribution in [3.8, 4) is 5.75 Å². The standard InChI is InChI=1S/C6H6O.C3H9N.HI/c7-6-4-2-1-3-5-6;1-3(2)4;/h1-5,7H;3H,4H2,1-2H3;1H. The predicted molar refractivity (Wildman–Crippen MR) is 62.8 cm³/mol. The largest absolute Gasteiger partial charge is 0.508 e. The number of aromatic hydroxyl groups is 1. The second kappa shape index (κ2) is 8.80. The van der Waals surface area contributed by atoms with Gasteiger partial charge >= 0.3 is 0 Å². The smallest absolute Gasteiger partial charge is 0.115 e. The zero-order valence-corrected chi connectivity index (χ0v) is 9.73. The summed E-state index contributed by atoms with van der Waals surface area (Å²) in [4.78, 5) is 0. The lowest BCUT2D eigenvalue weighted by atomic mass is 10.3. The summed E-state index contributed by atoms with van der Waals surface area (Å²) >= 11 is 0. The Balaban J connectivity index is 0. The first-order valence-electron chi connectivity index (χ1n) is 3.62. The zero-order valence-electron chi connectivity index (χ0n) is 7.40. The summed E-state index contributed by atoms with van der Waals surface area (Å²) in [5.41, 5.74) is 5.11. The number of rotatable bonds is 0. The molecule has 0 amide bonds. The summed E-state index contributed by atoms with van der Waals surface area (Å²) in [5, 5.41) is 8.63. The maximum absolute atomic E-state index is 8.63. The Kier molecular flexibility index (Phi) is 10.5. The molecule has 1 aromatic rings. The van der Waals surface area contributed by atoms with E-state index in [9.17, 15) is 0 Å². The van der Waals surface area contributed by atoms with Gasteiger partial charge in [0.2, 0.25) is 0 Å². The van der Waals surface area contributed by atoms with E-state index in [4.69, 9.17) is 10.8 Å². The minimum atomic E-state index is 0. The number of nitrogens with two attached hydrogens (primary N) is 1. The van der Waals surface area contributed by atoms with Crippen LogP contribution in [-0.2, 0) is 0 Å². The maximum atomic E-state index is 8.63. The van der Waals surface area contributed by atoms with Crippen LogP contribution in [0.3, 0.4) is 0 Å². The molecule has 0 fully saturated rings. The molecule has 0 unspecified atom stereocenters. The van der Waals surface area contributed by atoms with Crippen LogP contribution in [0.1, 0.15) is 13.8 Å². The fourth-order valence-corrected chi connectivity index (χ4v) is 0.428. The molecule has 0 aromatic heterocycles. The third-order valence-corrected chi connectivity index (χ3v) is 0.756. The van der Waals surface area contributed by atoms with Crippen molar-refractivity contribution in [2.45, 2.75) is 19.9 Å². The van der Waals surface area contributed by atoms with Crippen molar-refractivity contribution in [2.75, 3.05) is 0 Å². The number of para-hydroxylation sites is 1. The van der Waals surface area contributed by atoms with Gasteiger partial charge in [0.1, 0.15) is 5.75 Å². The second-order valence-electron chi connectivity index (χ2n) is 2.58. The van der Waals surface area contributed by atoms with Crippen molar-refractivity contribution in [1.82, 2.24) is 0 Å². The lowest BCUT2D eigenvalue weighted by Gasteiger charge is -1.82. The number of phenolic OH excluding ortho intramolecular Hbond substituents is 1. The molecule has 0 saturated heterocycles. The van der Waals surface area contributed by atoms with Gasteiger partial charge in [-0.15, -0.1) is 24.0 Å². The minimum Gasteiger partial charge on any atom is -0.508 e. The number of phenols is 1. The Labute approximate surface area is 90.8 Å². The van der Waals surface area contributed by atoms with E-state index in [1.165, 1.54) is 0 Å². The summed E-state index contributed by atoms with van der Waals surface area (Å²) in [6.45, 7) is 3.89. The number of hydrogen-bond acceptors (Lipinski definition) is 2. The molecule has 1 aromatic carbocycles. The maximum Gasteiger partial charge on any atom is 0.115 e. The first-order chi connectivity index (χ1) is 5.13. The molecule has 0 radical (unpaired) electrons. The van der Waals surface area contributed by atoms with Gasteiger partial charge in [-0.1, -0.05) is 32.0 Å². The number of benzene rings is 1. The molecule has 12 heavy (non-hydrogen) atoms. The fourth-order valence-electron chi connectivity index (χ4n) is 0.428. The average molecular weight is 281 g/mol. The molecular weight excluding hydrogens is 265 g/mol. The van der Waals surface area contributed by atoms with E-state index < -0.39 is 0 Å². The Morgan fingerprint density at radius 2 is 1.50 bits per heavy atom. The van der Waals surface area contributed by atoms with E-state index in [1.807, 2.05) is 19.9 Å². The molecule has 1 rings (SSSR count). The Morgan fingerprint density at radius 3 is 1.67 bits per heavy atom. The molecular formula is C9H16INO. The van der Waals surface area contributed by atoms with Gasteiger partial charge in [-0.25, -0.2) is 0 Å². The summed E-state index contributed by atoms with van der Waals surface area (Å²) in [5.74, 6) is 0.322. The average Bonchev–Trinajstić information content (AvgIpc) is 1.87. The topological polar surface area (TPSA) is 46.2 Å². The van der Waals surface area contributed by atoms with Crippen LogP contribution in [0.15, 0.2) is 30.3 Å². The fraction of sp³-hybridized carbons (Fsp3) is 0.333. The van der Waals surface area contributed by atoms with E-state index in [1.54, 1.807) is 24.3 Å². The van der Waals surface area contributed by atoms with Crippen LogP contribution in [0.2, 0.25) is 0 Å². The minimum absolute atomic E-state index is 0. The van der Waals surface area contributed by atoms with Crippen LogP contribution in [0.4, 0.5) is 0 Å². The van der Waals surface area contributed by atoms with Crippen LogP contribution >= 0.6 is 24.0 Å². The molecule has 0 saturated carbocycles. The SMILES string of the molecule is CC(C)N.I.Oc1ccccc1. The second-order valence-corrected chi connectivity index (χ2v) is 2.58. The van der Waals surface area contributed by atoms with Gasteiger partial charge in [-0.2, -0.15) is 0 Å². The quantitative estimate of drug-likeness (QED) is 0.717. The van der Waals surface area contributed by atoms with Crippen molar-refractivity contribution in [1.29, 1.82) is 0 Å². The Bertz CT molecular complexity index is 174. The Hall–Kier alpha value is -0.290. The molecule has 3 N–H and O–H groups in total. The highest BCUT2D eigenvalue weighted by molar-refractivity contribution is 14.0. The van der Waals surface area contributed by atoms with E-state index in [2.05, 4.69) is 0 Å². The van der Waals surface area contributed by atoms with Gasteiger partial charge in [-0.3, -0.25) is 0 Å². The van der Waals surface area contributed by atoms with Crippen LogP contribution in [0.5, 0.6) is 5.75 Å². The lowest BCUT2D eigenvalue weighted by molar-refractivity contribution is 0.475. The third kappa shape index (κ3) is 12.4. The van der Waals surface area contributed by atoms with Crippen molar-refractivity contribution in [3.05, 3.63) is 30.3 Å². The van der Waals surface area contributed by atoms with Gasteiger partial charge < -0.3 is 10.8 Å². The molecule has 0 heterocycles. The van der Waals surface area contributed by atoms with Crippen LogP contribution in [0.25, 0.3) is 0 Å². The van der Waals surface area contributed by atoms with Gasteiger partial charge in [0, 0.05) is 0 Å². The summed E-state index contributed by atoms with van der Waals surface area (Å²) < 4.78 is 0. The predicted octanol–water partition coefficient (Wildman–Crippen LogP) is 2.36. The van der Waals surface area contributed by atoms with Crippen molar-refractivity contribution in [3.63, 3.8) is 0 Å². The number of halogens is 1. The van der Waals surface area contributed by atoms with Crippen molar-refractivity contribution >= 4 is 24.0 Å². The van der Waals surface area contributed by atoms with E-state index >= 15 is 0 Å². The highest BCUT2D eigenvalue weighted by Crippen LogP contribution is 2.02. The summed E-state index contributed by atoms with van der Waals surface area (Å²) in [6.07, 6.45) is 0. The molecule has 2 nitrogen and oxygen atoms in total. The van der Waals surface area contributed by atoms with Crippen molar-refractivity contribution in [2.24, 2.45) is 5.73 Å². The van der Waals surface area contributed by atoms with Crippen molar-refractivity contribution < 1.29 is 5.11 Å². The highest BCUT2D eigenvalue weighted by atomic mass is 127. The van der Waals surface area contributed by atoms with Crippen LogP contribution in [0, 0.1) is 0 Å². The normalized spacial score (nSPS) is 8.00. The molecule has 0 bridgehead atoms. The Morgan fingerprint density at radius 1 is 1.17 bits per heavy atom. The molecule has 0 atom stereocenters. The molecule has 0 spiro atoms. The van der Waals surface area contributed by atoms with Gasteiger partial charge in [0.15, 0.2) is 0 Å². The van der Waals surface area contributed by atoms with Crippen LogP contribution in [-0.4, -0.2) is 11.1 Å². The van der Waals surface area contributed by atoms with Gasteiger partial charge in [-0.05, 0) is 18.2 Å². The third-order valence-electron chi connectivity index (χ3n) is 0.756. The van der Waals surface area contributed by atoms with Gasteiger partial charge in [0.05, 0.1) is 0 Å².